The quantitative estimate of drug-likeness (QED) is 0.867. The average molecular weight is 261 g/mol. The van der Waals surface area contributed by atoms with Gasteiger partial charge in [0.1, 0.15) is 11.9 Å². The van der Waals surface area contributed by atoms with Gasteiger partial charge in [-0.05, 0) is 13.0 Å². The number of nitriles is 1. The minimum absolute atomic E-state index is 0.122. The molecular weight excluding hydrogens is 250 g/mol. The van der Waals surface area contributed by atoms with Crippen molar-refractivity contribution >= 4 is 17.4 Å². The number of aromatic nitrogens is 1. The van der Waals surface area contributed by atoms with Crippen LogP contribution < -0.4 is 11.1 Å². The van der Waals surface area contributed by atoms with Gasteiger partial charge in [-0.2, -0.15) is 5.26 Å². The summed E-state index contributed by atoms with van der Waals surface area (Å²) in [6.07, 6.45) is 0. The number of nitrogens with two attached hydrogens (primary N) is 1. The summed E-state index contributed by atoms with van der Waals surface area (Å²) >= 11 is 5.80. The average Bonchev–Trinajstić information content (AvgIpc) is 2.29. The van der Waals surface area contributed by atoms with E-state index in [9.17, 15) is 8.78 Å². The molecule has 0 spiro atoms. The molecule has 0 aliphatic carbocycles. The summed E-state index contributed by atoms with van der Waals surface area (Å²) in [5, 5.41) is 11.3. The summed E-state index contributed by atoms with van der Waals surface area (Å²) in [6, 6.07) is 3.29. The smallest absolute Gasteiger partial charge is 0.276 e. The topological polar surface area (TPSA) is 74.7 Å². The zero-order chi connectivity index (χ0) is 13.1. The Labute approximate surface area is 102 Å². The lowest BCUT2D eigenvalue weighted by Crippen LogP contribution is -2.35. The van der Waals surface area contributed by atoms with Gasteiger partial charge in [-0.1, -0.05) is 11.6 Å². The predicted molar refractivity (Wildman–Crippen MR) is 61.2 cm³/mol. The van der Waals surface area contributed by atoms with E-state index in [-0.39, 0.29) is 10.8 Å². The fourth-order valence-electron chi connectivity index (χ4n) is 1.10. The van der Waals surface area contributed by atoms with Crippen LogP contribution in [0.25, 0.3) is 0 Å². The van der Waals surface area contributed by atoms with Crippen LogP contribution in [0.15, 0.2) is 6.07 Å². The molecular formula is C10H11ClF2N4. The number of nitrogens with one attached hydrogen (secondary N) is 1. The van der Waals surface area contributed by atoms with Crippen LogP contribution in [0.3, 0.4) is 0 Å². The molecule has 1 rings (SSSR count). The third-order valence-electron chi connectivity index (χ3n) is 2.10. The molecule has 0 unspecified atom stereocenters. The number of alkyl halides is 2. The minimum atomic E-state index is -3.02. The number of halogens is 3. The summed E-state index contributed by atoms with van der Waals surface area (Å²) in [7, 11) is 0. The first-order valence-corrected chi connectivity index (χ1v) is 5.16. The lowest BCUT2D eigenvalue weighted by atomic mass is 10.2. The highest BCUT2D eigenvalue weighted by atomic mass is 35.5. The number of hydrogen-bond donors (Lipinski definition) is 2. The van der Waals surface area contributed by atoms with Crippen molar-refractivity contribution in [3.8, 4) is 6.07 Å². The van der Waals surface area contributed by atoms with E-state index < -0.39 is 19.0 Å². The van der Waals surface area contributed by atoms with Crippen molar-refractivity contribution in [2.75, 3.05) is 18.4 Å². The van der Waals surface area contributed by atoms with Crippen molar-refractivity contribution in [2.24, 2.45) is 5.73 Å². The van der Waals surface area contributed by atoms with Crippen LogP contribution in [0.2, 0.25) is 5.02 Å². The molecule has 1 aromatic heterocycles. The fraction of sp³-hybridized carbons (Fsp3) is 0.400. The van der Waals surface area contributed by atoms with Crippen LogP contribution in [0.1, 0.15) is 11.3 Å². The van der Waals surface area contributed by atoms with Gasteiger partial charge in [-0.15, -0.1) is 0 Å². The molecule has 92 valence electrons. The van der Waals surface area contributed by atoms with Gasteiger partial charge in [0.2, 0.25) is 0 Å². The molecule has 3 N–H and O–H groups in total. The Bertz CT molecular complexity index is 456. The van der Waals surface area contributed by atoms with E-state index in [0.717, 1.165) is 0 Å². The van der Waals surface area contributed by atoms with Gasteiger partial charge in [0.05, 0.1) is 29.4 Å². The Hall–Kier alpha value is -1.45. The number of hydrogen-bond acceptors (Lipinski definition) is 4. The van der Waals surface area contributed by atoms with Gasteiger partial charge in [0, 0.05) is 0 Å². The molecule has 0 aromatic carbocycles. The highest BCUT2D eigenvalue weighted by Gasteiger charge is 2.26. The molecule has 0 aliphatic heterocycles. The monoisotopic (exact) mass is 260 g/mol. The van der Waals surface area contributed by atoms with E-state index in [4.69, 9.17) is 22.6 Å². The molecule has 1 aromatic rings. The van der Waals surface area contributed by atoms with Gasteiger partial charge in [-0.3, -0.25) is 0 Å². The second-order valence-electron chi connectivity index (χ2n) is 3.48. The number of nitrogens with zero attached hydrogens (tertiary/aromatic N) is 2. The molecule has 0 atom stereocenters. The zero-order valence-corrected chi connectivity index (χ0v) is 9.85. The highest BCUT2D eigenvalue weighted by molar-refractivity contribution is 6.33. The molecule has 0 bridgehead atoms. The second-order valence-corrected chi connectivity index (χ2v) is 3.88. The van der Waals surface area contributed by atoms with Crippen molar-refractivity contribution in [3.05, 3.63) is 22.3 Å². The van der Waals surface area contributed by atoms with Crippen LogP contribution in [0, 0.1) is 18.3 Å². The summed E-state index contributed by atoms with van der Waals surface area (Å²) < 4.78 is 25.8. The van der Waals surface area contributed by atoms with Crippen molar-refractivity contribution in [3.63, 3.8) is 0 Å². The maximum Gasteiger partial charge on any atom is 0.276 e. The first kappa shape index (κ1) is 13.6. The highest BCUT2D eigenvalue weighted by Crippen LogP contribution is 2.23. The predicted octanol–water partition coefficient (Wildman–Crippen LogP) is 1.92. The van der Waals surface area contributed by atoms with E-state index in [1.807, 2.05) is 6.07 Å². The molecule has 17 heavy (non-hydrogen) atoms. The Morgan fingerprint density at radius 2 is 2.29 bits per heavy atom. The van der Waals surface area contributed by atoms with E-state index in [2.05, 4.69) is 10.3 Å². The van der Waals surface area contributed by atoms with E-state index in [1.165, 1.54) is 6.07 Å². The maximum absolute atomic E-state index is 12.9. The summed E-state index contributed by atoms with van der Waals surface area (Å²) in [6.45, 7) is 0.190. The summed E-state index contributed by atoms with van der Waals surface area (Å²) in [5.74, 6) is -2.90. The van der Waals surface area contributed by atoms with Crippen LogP contribution in [0.4, 0.5) is 14.6 Å². The maximum atomic E-state index is 12.9. The molecule has 0 saturated carbocycles. The van der Waals surface area contributed by atoms with Crippen LogP contribution in [-0.2, 0) is 0 Å². The first-order chi connectivity index (χ1) is 7.89. The first-order valence-electron chi connectivity index (χ1n) is 4.78. The Morgan fingerprint density at radius 3 is 2.82 bits per heavy atom. The van der Waals surface area contributed by atoms with Gasteiger partial charge in [0.25, 0.3) is 5.92 Å². The van der Waals surface area contributed by atoms with Gasteiger partial charge in [-0.25, -0.2) is 13.8 Å². The molecule has 0 saturated heterocycles. The Kier molecular flexibility index (Phi) is 4.21. The SMILES string of the molecule is Cc1nc(NCC(F)(F)CN)c(Cl)cc1C#N. The van der Waals surface area contributed by atoms with E-state index in [0.29, 0.717) is 11.3 Å². The number of rotatable bonds is 4. The van der Waals surface area contributed by atoms with Crippen molar-refractivity contribution in [1.29, 1.82) is 5.26 Å². The summed E-state index contributed by atoms with van der Waals surface area (Å²) in [4.78, 5) is 3.94. The molecule has 7 heteroatoms. The summed E-state index contributed by atoms with van der Waals surface area (Å²) in [5.41, 5.74) is 5.64. The lowest BCUT2D eigenvalue weighted by Gasteiger charge is -2.16. The van der Waals surface area contributed by atoms with E-state index >= 15 is 0 Å². The molecule has 4 nitrogen and oxygen atoms in total. The van der Waals surface area contributed by atoms with E-state index in [1.54, 1.807) is 6.92 Å². The lowest BCUT2D eigenvalue weighted by molar-refractivity contribution is 0.0253. The fourth-order valence-corrected chi connectivity index (χ4v) is 1.32. The molecule has 0 fully saturated rings. The van der Waals surface area contributed by atoms with Crippen LogP contribution in [0.5, 0.6) is 0 Å². The number of aryl methyl sites for hydroxylation is 1. The number of anilines is 1. The van der Waals surface area contributed by atoms with Crippen molar-refractivity contribution < 1.29 is 8.78 Å². The number of pyridine rings is 1. The van der Waals surface area contributed by atoms with Gasteiger partial charge in [0.15, 0.2) is 0 Å². The van der Waals surface area contributed by atoms with Crippen molar-refractivity contribution in [2.45, 2.75) is 12.8 Å². The Balaban J connectivity index is 2.87. The van der Waals surface area contributed by atoms with Gasteiger partial charge < -0.3 is 11.1 Å². The van der Waals surface area contributed by atoms with Crippen LogP contribution in [-0.4, -0.2) is 24.0 Å². The molecule has 0 aliphatic rings. The standard InChI is InChI=1S/C10H11ClF2N4/c1-6-7(3-14)2-8(11)9(17-6)16-5-10(12,13)4-15/h2H,4-5,15H2,1H3,(H,16,17). The largest absolute Gasteiger partial charge is 0.363 e. The normalized spacial score (nSPS) is 11.1. The zero-order valence-electron chi connectivity index (χ0n) is 9.10. The van der Waals surface area contributed by atoms with Crippen molar-refractivity contribution in [1.82, 2.24) is 4.98 Å². The molecule has 0 radical (unpaired) electrons. The second kappa shape index (κ2) is 5.25. The third kappa shape index (κ3) is 3.51. The molecule has 1 heterocycles. The Morgan fingerprint density at radius 1 is 1.65 bits per heavy atom. The van der Waals surface area contributed by atoms with Crippen LogP contribution >= 0.6 is 11.6 Å². The third-order valence-corrected chi connectivity index (χ3v) is 2.39. The molecule has 0 amide bonds. The minimum Gasteiger partial charge on any atom is -0.363 e. The van der Waals surface area contributed by atoms with Gasteiger partial charge >= 0.3 is 0 Å².